The van der Waals surface area contributed by atoms with Crippen molar-refractivity contribution in [1.29, 1.82) is 0 Å². The lowest BCUT2D eigenvalue weighted by Crippen LogP contribution is -2.43. The van der Waals surface area contributed by atoms with E-state index in [1.807, 2.05) is 11.6 Å². The minimum Gasteiger partial charge on any atom is -0.316 e. The van der Waals surface area contributed by atoms with Crippen molar-refractivity contribution in [2.45, 2.75) is 39.3 Å². The van der Waals surface area contributed by atoms with Crippen molar-refractivity contribution in [2.24, 2.45) is 0 Å². The van der Waals surface area contributed by atoms with Crippen LogP contribution < -0.4 is 5.32 Å². The quantitative estimate of drug-likeness (QED) is 0.942. The zero-order valence-corrected chi connectivity index (χ0v) is 13.8. The topological polar surface area (TPSA) is 33.1 Å². The highest BCUT2D eigenvalue weighted by molar-refractivity contribution is 5.36. The summed E-state index contributed by atoms with van der Waals surface area (Å²) in [5.41, 5.74) is 4.76. The number of nitrogens with zero attached hydrogens (tertiary/aromatic N) is 3. The summed E-state index contributed by atoms with van der Waals surface area (Å²) in [6, 6.07) is 11.6. The fraction of sp³-hybridized carbons (Fsp3) is 0.500. The first kappa shape index (κ1) is 15.3. The summed E-state index contributed by atoms with van der Waals surface area (Å²) >= 11 is 0. The lowest BCUT2D eigenvalue weighted by atomic mass is 10.0. The molecule has 1 saturated heterocycles. The number of hydrogen-bond acceptors (Lipinski definition) is 3. The monoisotopic (exact) mass is 298 g/mol. The minimum atomic E-state index is 0.641. The highest BCUT2D eigenvalue weighted by Gasteiger charge is 2.18. The molecule has 1 aliphatic rings. The van der Waals surface area contributed by atoms with Crippen LogP contribution in [0.4, 0.5) is 0 Å². The van der Waals surface area contributed by atoms with Gasteiger partial charge in [-0.15, -0.1) is 0 Å². The van der Waals surface area contributed by atoms with Crippen LogP contribution in [0.1, 0.15) is 29.8 Å². The largest absolute Gasteiger partial charge is 0.316 e. The van der Waals surface area contributed by atoms with Crippen molar-refractivity contribution in [3.05, 3.63) is 47.3 Å². The van der Waals surface area contributed by atoms with Crippen LogP contribution in [0.25, 0.3) is 5.69 Å². The van der Waals surface area contributed by atoms with Gasteiger partial charge >= 0.3 is 0 Å². The molecule has 0 radical (unpaired) electrons. The highest BCUT2D eigenvalue weighted by atomic mass is 15.3. The first-order valence-corrected chi connectivity index (χ1v) is 8.18. The normalized spacial score (nSPS) is 19.5. The third-order valence-corrected chi connectivity index (χ3v) is 4.51. The zero-order valence-electron chi connectivity index (χ0n) is 13.8. The molecule has 0 bridgehead atoms. The van der Waals surface area contributed by atoms with E-state index < -0.39 is 0 Å². The van der Waals surface area contributed by atoms with Crippen molar-refractivity contribution >= 4 is 0 Å². The molecule has 22 heavy (non-hydrogen) atoms. The minimum absolute atomic E-state index is 0.641. The SMILES string of the molecule is CNC1CCCN(Cc2ccc(-n3nc(C)cc3C)cc2)C1. The molecule has 1 aliphatic heterocycles. The number of likely N-dealkylation sites (N-methyl/N-ethyl adjacent to an activating group) is 1. The molecule has 1 fully saturated rings. The Morgan fingerprint density at radius 2 is 2.00 bits per heavy atom. The maximum atomic E-state index is 4.54. The Bertz CT molecular complexity index is 615. The van der Waals surface area contributed by atoms with Crippen LogP contribution in [0.15, 0.2) is 30.3 Å². The summed E-state index contributed by atoms with van der Waals surface area (Å²) in [6.45, 7) is 7.52. The lowest BCUT2D eigenvalue weighted by molar-refractivity contribution is 0.188. The van der Waals surface area contributed by atoms with Gasteiger partial charge in [-0.1, -0.05) is 12.1 Å². The summed E-state index contributed by atoms with van der Waals surface area (Å²) in [7, 11) is 2.07. The Kier molecular flexibility index (Phi) is 4.60. The first-order chi connectivity index (χ1) is 10.7. The molecular weight excluding hydrogens is 272 g/mol. The predicted molar refractivity (Wildman–Crippen MR) is 90.4 cm³/mol. The van der Waals surface area contributed by atoms with Crippen molar-refractivity contribution in [3.63, 3.8) is 0 Å². The van der Waals surface area contributed by atoms with Crippen LogP contribution in [0, 0.1) is 13.8 Å². The van der Waals surface area contributed by atoms with Gasteiger partial charge in [0, 0.05) is 24.8 Å². The number of benzene rings is 1. The van der Waals surface area contributed by atoms with Gasteiger partial charge in [0.1, 0.15) is 0 Å². The van der Waals surface area contributed by atoms with E-state index in [2.05, 4.69) is 59.6 Å². The van der Waals surface area contributed by atoms with Crippen LogP contribution in [0.3, 0.4) is 0 Å². The molecule has 4 nitrogen and oxygen atoms in total. The second-order valence-corrected chi connectivity index (χ2v) is 6.37. The Balaban J connectivity index is 1.68. The lowest BCUT2D eigenvalue weighted by Gasteiger charge is -2.32. The average molecular weight is 298 g/mol. The third-order valence-electron chi connectivity index (χ3n) is 4.51. The molecule has 1 N–H and O–H groups in total. The average Bonchev–Trinajstić information content (AvgIpc) is 2.87. The molecule has 2 heterocycles. The van der Waals surface area contributed by atoms with Crippen LogP contribution in [0.5, 0.6) is 0 Å². The summed E-state index contributed by atoms with van der Waals surface area (Å²) in [5.74, 6) is 0. The number of aryl methyl sites for hydroxylation is 2. The molecule has 1 unspecified atom stereocenters. The Labute approximate surface area is 133 Å². The Hall–Kier alpha value is -1.65. The number of nitrogens with one attached hydrogen (secondary N) is 1. The number of rotatable bonds is 4. The highest BCUT2D eigenvalue weighted by Crippen LogP contribution is 2.16. The van der Waals surface area contributed by atoms with Gasteiger partial charge in [-0.2, -0.15) is 5.10 Å². The molecule has 3 rings (SSSR count). The van der Waals surface area contributed by atoms with E-state index in [1.165, 1.54) is 30.6 Å². The summed E-state index contributed by atoms with van der Waals surface area (Å²) in [4.78, 5) is 2.54. The van der Waals surface area contributed by atoms with Gasteiger partial charge in [-0.3, -0.25) is 4.90 Å². The fourth-order valence-corrected chi connectivity index (χ4v) is 3.33. The predicted octanol–water partition coefficient (Wildman–Crippen LogP) is 2.67. The van der Waals surface area contributed by atoms with E-state index in [4.69, 9.17) is 0 Å². The van der Waals surface area contributed by atoms with Gasteiger partial charge in [-0.05, 0) is 64.0 Å². The van der Waals surface area contributed by atoms with Crippen LogP contribution in [0.2, 0.25) is 0 Å². The molecular formula is C18H26N4. The van der Waals surface area contributed by atoms with Gasteiger partial charge in [0.15, 0.2) is 0 Å². The summed E-state index contributed by atoms with van der Waals surface area (Å²) in [5, 5.41) is 7.95. The molecule has 1 aromatic carbocycles. The first-order valence-electron chi connectivity index (χ1n) is 8.18. The van der Waals surface area contributed by atoms with Crippen LogP contribution >= 0.6 is 0 Å². The third kappa shape index (κ3) is 3.39. The molecule has 0 saturated carbocycles. The molecule has 0 amide bonds. The molecule has 1 aromatic heterocycles. The van der Waals surface area contributed by atoms with Crippen molar-refractivity contribution in [3.8, 4) is 5.69 Å². The standard InChI is InChI=1S/C18H26N4/c1-14-11-15(2)22(20-14)18-8-6-16(7-9-18)12-21-10-4-5-17(13-21)19-3/h6-9,11,17,19H,4-5,10,12-13H2,1-3H3. The van der Waals surface area contributed by atoms with E-state index in [0.717, 1.165) is 24.5 Å². The number of aromatic nitrogens is 2. The van der Waals surface area contributed by atoms with Crippen molar-refractivity contribution < 1.29 is 0 Å². The van der Waals surface area contributed by atoms with Crippen molar-refractivity contribution in [2.75, 3.05) is 20.1 Å². The Morgan fingerprint density at radius 1 is 1.23 bits per heavy atom. The van der Waals surface area contributed by atoms with E-state index in [-0.39, 0.29) is 0 Å². The number of likely N-dealkylation sites (tertiary alicyclic amines) is 1. The van der Waals surface area contributed by atoms with E-state index >= 15 is 0 Å². The molecule has 2 aromatic rings. The zero-order chi connectivity index (χ0) is 15.5. The fourth-order valence-electron chi connectivity index (χ4n) is 3.33. The molecule has 0 aliphatic carbocycles. The van der Waals surface area contributed by atoms with E-state index in [1.54, 1.807) is 0 Å². The molecule has 4 heteroatoms. The maximum absolute atomic E-state index is 4.54. The van der Waals surface area contributed by atoms with Crippen LogP contribution in [-0.4, -0.2) is 40.9 Å². The van der Waals surface area contributed by atoms with Gasteiger partial charge in [0.25, 0.3) is 0 Å². The van der Waals surface area contributed by atoms with E-state index in [9.17, 15) is 0 Å². The van der Waals surface area contributed by atoms with Gasteiger partial charge in [0.2, 0.25) is 0 Å². The Morgan fingerprint density at radius 3 is 2.64 bits per heavy atom. The van der Waals surface area contributed by atoms with Crippen LogP contribution in [-0.2, 0) is 6.54 Å². The van der Waals surface area contributed by atoms with Gasteiger partial charge in [0.05, 0.1) is 11.4 Å². The van der Waals surface area contributed by atoms with E-state index in [0.29, 0.717) is 6.04 Å². The molecule has 1 atom stereocenters. The summed E-state index contributed by atoms with van der Waals surface area (Å²) in [6.07, 6.45) is 2.58. The molecule has 0 spiro atoms. The van der Waals surface area contributed by atoms with Crippen molar-refractivity contribution in [1.82, 2.24) is 20.0 Å². The smallest absolute Gasteiger partial charge is 0.0648 e. The van der Waals surface area contributed by atoms with Gasteiger partial charge < -0.3 is 5.32 Å². The van der Waals surface area contributed by atoms with Gasteiger partial charge in [-0.25, -0.2) is 4.68 Å². The second-order valence-electron chi connectivity index (χ2n) is 6.37. The second kappa shape index (κ2) is 6.63. The summed E-state index contributed by atoms with van der Waals surface area (Å²) < 4.78 is 2.01. The number of hydrogen-bond donors (Lipinski definition) is 1. The maximum Gasteiger partial charge on any atom is 0.0648 e. The molecule has 118 valence electrons. The number of piperidine rings is 1.